The Morgan fingerprint density at radius 1 is 1.24 bits per heavy atom. The number of carbonyl (C=O) groups excluding carboxylic acids is 1. The third-order valence-electron chi connectivity index (χ3n) is 4.15. The van der Waals surface area contributed by atoms with Crippen molar-refractivity contribution < 1.29 is 14.3 Å². The summed E-state index contributed by atoms with van der Waals surface area (Å²) in [6.07, 6.45) is 1.61. The molecule has 1 aliphatic heterocycles. The average molecular weight is 338 g/mol. The smallest absolute Gasteiger partial charge is 0.336 e. The molecule has 2 aromatic carbocycles. The van der Waals surface area contributed by atoms with Crippen molar-refractivity contribution in [3.8, 4) is 11.5 Å². The van der Waals surface area contributed by atoms with E-state index in [1.54, 1.807) is 15.9 Å². The molecular weight excluding hydrogens is 320 g/mol. The highest BCUT2D eigenvalue weighted by Crippen LogP contribution is 2.32. The number of rotatable bonds is 4. The van der Waals surface area contributed by atoms with Gasteiger partial charge in [-0.1, -0.05) is 18.2 Å². The molecule has 25 heavy (non-hydrogen) atoms. The Kier molecular flexibility index (Phi) is 3.89. The maximum Gasteiger partial charge on any atom is 0.336 e. The zero-order chi connectivity index (χ0) is 17.2. The molecule has 0 bridgehead atoms. The Labute approximate surface area is 144 Å². The summed E-state index contributed by atoms with van der Waals surface area (Å²) < 4.78 is 12.4. The van der Waals surface area contributed by atoms with Crippen molar-refractivity contribution in [2.75, 3.05) is 18.8 Å². The molecule has 7 nitrogen and oxygen atoms in total. The first-order valence-electron chi connectivity index (χ1n) is 8.11. The van der Waals surface area contributed by atoms with E-state index in [0.717, 1.165) is 28.1 Å². The predicted molar refractivity (Wildman–Crippen MR) is 93.1 cm³/mol. The number of ether oxygens (including phenoxy) is 2. The number of aromatic nitrogens is 2. The van der Waals surface area contributed by atoms with Crippen LogP contribution in [0.5, 0.6) is 11.5 Å². The monoisotopic (exact) mass is 338 g/mol. The number of hydrogen-bond donors (Lipinski definition) is 1. The maximum atomic E-state index is 12.6. The highest BCUT2D eigenvalue weighted by molar-refractivity contribution is 5.85. The maximum absolute atomic E-state index is 12.6. The predicted octanol–water partition coefficient (Wildman–Crippen LogP) is 2.95. The lowest BCUT2D eigenvalue weighted by atomic mass is 10.2. The van der Waals surface area contributed by atoms with Gasteiger partial charge in [-0.15, -0.1) is 0 Å². The molecule has 1 N–H and O–H groups in total. The lowest BCUT2D eigenvalue weighted by molar-refractivity contribution is 0.174. The number of hydrogen-bond acceptors (Lipinski definition) is 4. The average Bonchev–Trinajstić information content (AvgIpc) is 3.26. The van der Waals surface area contributed by atoms with Crippen molar-refractivity contribution in [3.63, 3.8) is 0 Å². The van der Waals surface area contributed by atoms with E-state index in [4.69, 9.17) is 9.47 Å². The van der Waals surface area contributed by atoms with Gasteiger partial charge in [0.1, 0.15) is 6.33 Å². The molecule has 0 spiro atoms. The van der Waals surface area contributed by atoms with E-state index in [0.29, 0.717) is 13.1 Å². The van der Waals surface area contributed by atoms with Crippen LogP contribution in [0.1, 0.15) is 12.5 Å². The highest BCUT2D eigenvalue weighted by atomic mass is 16.7. The number of carbonyl (C=O) groups is 1. The minimum atomic E-state index is -0.191. The fraction of sp³-hybridized carbons (Fsp3) is 0.222. The molecule has 4 rings (SSSR count). The van der Waals surface area contributed by atoms with Crippen LogP contribution in [-0.2, 0) is 6.54 Å². The van der Waals surface area contributed by atoms with Gasteiger partial charge in [0, 0.05) is 13.1 Å². The largest absolute Gasteiger partial charge is 0.454 e. The van der Waals surface area contributed by atoms with Crippen molar-refractivity contribution in [2.45, 2.75) is 13.5 Å². The molecule has 0 atom stereocenters. The standard InChI is InChI=1S/C18H18N4O3/c1-2-21(10-13-7-8-16-17(9-13)25-12-24-16)18(23)20-22-11-19-14-5-3-4-6-15(14)22/h3-9,11H,2,10,12H2,1H3,(H,20,23). The zero-order valence-electron chi connectivity index (χ0n) is 13.8. The Morgan fingerprint density at radius 3 is 2.96 bits per heavy atom. The van der Waals surface area contributed by atoms with E-state index in [9.17, 15) is 4.79 Å². The summed E-state index contributed by atoms with van der Waals surface area (Å²) in [4.78, 5) is 18.6. The number of para-hydroxylation sites is 2. The number of nitrogens with one attached hydrogen (secondary N) is 1. The van der Waals surface area contributed by atoms with Gasteiger partial charge in [0.25, 0.3) is 0 Å². The molecule has 2 heterocycles. The van der Waals surface area contributed by atoms with E-state index in [2.05, 4.69) is 10.4 Å². The second-order valence-corrected chi connectivity index (χ2v) is 5.72. The molecule has 0 radical (unpaired) electrons. The lowest BCUT2D eigenvalue weighted by Crippen LogP contribution is -2.37. The van der Waals surface area contributed by atoms with Gasteiger partial charge in [-0.2, -0.15) is 0 Å². The minimum absolute atomic E-state index is 0.191. The SMILES string of the molecule is CCN(Cc1ccc2c(c1)OCO2)C(=O)Nn1cnc2ccccc21. The van der Waals surface area contributed by atoms with E-state index in [1.165, 1.54) is 0 Å². The van der Waals surface area contributed by atoms with Crippen LogP contribution in [0.2, 0.25) is 0 Å². The molecule has 2 amide bonds. The molecule has 1 aliphatic rings. The van der Waals surface area contributed by atoms with Crippen molar-refractivity contribution in [1.82, 2.24) is 14.6 Å². The van der Waals surface area contributed by atoms with Crippen LogP contribution in [0.25, 0.3) is 11.0 Å². The second kappa shape index (κ2) is 6.35. The summed E-state index contributed by atoms with van der Waals surface area (Å²) in [5.41, 5.74) is 5.55. The minimum Gasteiger partial charge on any atom is -0.454 e. The second-order valence-electron chi connectivity index (χ2n) is 5.72. The molecule has 7 heteroatoms. The Morgan fingerprint density at radius 2 is 2.08 bits per heavy atom. The quantitative estimate of drug-likeness (QED) is 0.794. The lowest BCUT2D eigenvalue weighted by Gasteiger charge is -2.22. The van der Waals surface area contributed by atoms with Crippen LogP contribution in [0.15, 0.2) is 48.8 Å². The number of amides is 2. The van der Waals surface area contributed by atoms with Crippen LogP contribution in [0.3, 0.4) is 0 Å². The van der Waals surface area contributed by atoms with Gasteiger partial charge in [-0.25, -0.2) is 19.9 Å². The van der Waals surface area contributed by atoms with Gasteiger partial charge in [0.15, 0.2) is 11.5 Å². The Hall–Kier alpha value is -3.22. The molecule has 1 aromatic heterocycles. The van der Waals surface area contributed by atoms with Crippen LogP contribution >= 0.6 is 0 Å². The number of imidazole rings is 1. The van der Waals surface area contributed by atoms with E-state index < -0.39 is 0 Å². The van der Waals surface area contributed by atoms with Crippen LogP contribution in [0, 0.1) is 0 Å². The van der Waals surface area contributed by atoms with E-state index in [-0.39, 0.29) is 12.8 Å². The van der Waals surface area contributed by atoms with Gasteiger partial charge in [-0.3, -0.25) is 0 Å². The molecule has 3 aromatic rings. The van der Waals surface area contributed by atoms with Gasteiger partial charge < -0.3 is 14.4 Å². The van der Waals surface area contributed by atoms with Crippen LogP contribution < -0.4 is 14.9 Å². The Balaban J connectivity index is 1.49. The van der Waals surface area contributed by atoms with E-state index in [1.807, 2.05) is 49.4 Å². The fourth-order valence-electron chi connectivity index (χ4n) is 2.81. The third-order valence-corrected chi connectivity index (χ3v) is 4.15. The van der Waals surface area contributed by atoms with Gasteiger partial charge >= 0.3 is 6.03 Å². The summed E-state index contributed by atoms with van der Waals surface area (Å²) in [5.74, 6) is 1.45. The third kappa shape index (κ3) is 2.96. The molecule has 0 unspecified atom stereocenters. The molecule has 0 fully saturated rings. The first-order valence-corrected chi connectivity index (χ1v) is 8.11. The van der Waals surface area contributed by atoms with Gasteiger partial charge in [0.2, 0.25) is 6.79 Å². The van der Waals surface area contributed by atoms with Gasteiger partial charge in [0.05, 0.1) is 11.0 Å². The Bertz CT molecular complexity index is 922. The molecular formula is C18H18N4O3. The van der Waals surface area contributed by atoms with Crippen molar-refractivity contribution in [1.29, 1.82) is 0 Å². The normalized spacial score (nSPS) is 12.4. The summed E-state index contributed by atoms with van der Waals surface area (Å²) >= 11 is 0. The zero-order valence-corrected chi connectivity index (χ0v) is 13.8. The first kappa shape index (κ1) is 15.3. The van der Waals surface area contributed by atoms with Gasteiger partial charge in [-0.05, 0) is 36.8 Å². The summed E-state index contributed by atoms with van der Waals surface area (Å²) in [7, 11) is 0. The topological polar surface area (TPSA) is 68.6 Å². The molecule has 128 valence electrons. The summed E-state index contributed by atoms with van der Waals surface area (Å²) in [5, 5.41) is 0. The van der Waals surface area contributed by atoms with Crippen LogP contribution in [-0.4, -0.2) is 33.9 Å². The molecule has 0 aliphatic carbocycles. The summed E-state index contributed by atoms with van der Waals surface area (Å²) in [6, 6.07) is 13.2. The number of urea groups is 1. The number of fused-ring (bicyclic) bond motifs is 2. The van der Waals surface area contributed by atoms with Crippen molar-refractivity contribution in [3.05, 3.63) is 54.4 Å². The summed E-state index contributed by atoms with van der Waals surface area (Å²) in [6.45, 7) is 3.24. The molecule has 0 saturated carbocycles. The fourth-order valence-corrected chi connectivity index (χ4v) is 2.81. The molecule has 0 saturated heterocycles. The van der Waals surface area contributed by atoms with Crippen LogP contribution in [0.4, 0.5) is 4.79 Å². The highest BCUT2D eigenvalue weighted by Gasteiger charge is 2.17. The first-order chi connectivity index (χ1) is 12.2. The number of nitrogens with zero attached hydrogens (tertiary/aromatic N) is 3. The van der Waals surface area contributed by atoms with E-state index >= 15 is 0 Å². The number of benzene rings is 2. The van der Waals surface area contributed by atoms with Crippen molar-refractivity contribution >= 4 is 17.1 Å². The van der Waals surface area contributed by atoms with Crippen molar-refractivity contribution in [2.24, 2.45) is 0 Å².